The lowest BCUT2D eigenvalue weighted by atomic mass is 9.44. The number of unbranched alkanes of at least 4 members (excludes halogenated alkanes) is 10. The molecule has 4 fully saturated rings. The SMILES string of the molecule is CCCCCCCCCCCCCC(=O)OC1CCC2(C)C3CCC4(C)C(C(C)CCCC(C)C)CCC4C3CC(Br)C2(Br)C1. The summed E-state index contributed by atoms with van der Waals surface area (Å²) in [6.45, 7) is 14.9. The minimum atomic E-state index is 0.0107. The van der Waals surface area contributed by atoms with Gasteiger partial charge in [-0.2, -0.15) is 0 Å². The summed E-state index contributed by atoms with van der Waals surface area (Å²) in [6, 6.07) is 0. The van der Waals surface area contributed by atoms with Crippen LogP contribution < -0.4 is 0 Å². The summed E-state index contributed by atoms with van der Waals surface area (Å²) in [4.78, 5) is 13.4. The van der Waals surface area contributed by atoms with Crippen molar-refractivity contribution < 1.29 is 9.53 Å². The summed E-state index contributed by atoms with van der Waals surface area (Å²) >= 11 is 8.71. The van der Waals surface area contributed by atoms with Crippen LogP contribution in [0.1, 0.15) is 189 Å². The molecule has 10 atom stereocenters. The molecule has 10 unspecified atom stereocenters. The number of fused-ring (bicyclic) bond motifs is 5. The van der Waals surface area contributed by atoms with Crippen molar-refractivity contribution in [3.63, 3.8) is 0 Å². The van der Waals surface area contributed by atoms with Gasteiger partial charge >= 0.3 is 5.97 Å². The quantitative estimate of drug-likeness (QED) is 0.0791. The minimum absolute atomic E-state index is 0.0107. The molecule has 262 valence electrons. The van der Waals surface area contributed by atoms with Crippen molar-refractivity contribution in [3.8, 4) is 0 Å². The number of esters is 1. The molecule has 4 rings (SSSR count). The third-order valence-electron chi connectivity index (χ3n) is 14.2. The monoisotopic (exact) mass is 754 g/mol. The third kappa shape index (κ3) is 8.97. The highest BCUT2D eigenvalue weighted by Gasteiger charge is 2.67. The van der Waals surface area contributed by atoms with E-state index in [9.17, 15) is 4.79 Å². The van der Waals surface area contributed by atoms with Gasteiger partial charge in [0, 0.05) is 22.0 Å². The number of carbonyl (C=O) groups is 1. The van der Waals surface area contributed by atoms with Crippen molar-refractivity contribution in [1.29, 1.82) is 0 Å². The first-order chi connectivity index (χ1) is 21.5. The fourth-order valence-electron chi connectivity index (χ4n) is 11.5. The minimum Gasteiger partial charge on any atom is -0.462 e. The summed E-state index contributed by atoms with van der Waals surface area (Å²) in [5.41, 5.74) is 0.778. The maximum Gasteiger partial charge on any atom is 0.306 e. The number of rotatable bonds is 18. The van der Waals surface area contributed by atoms with Crippen LogP contribution in [0.2, 0.25) is 0 Å². The second-order valence-corrected chi connectivity index (χ2v) is 20.1. The summed E-state index contributed by atoms with van der Waals surface area (Å²) in [5, 5.41) is 0. The molecule has 0 amide bonds. The van der Waals surface area contributed by atoms with E-state index in [0.717, 1.165) is 54.8 Å². The lowest BCUT2D eigenvalue weighted by molar-refractivity contribution is -0.158. The zero-order valence-electron chi connectivity index (χ0n) is 30.5. The maximum absolute atomic E-state index is 12.9. The van der Waals surface area contributed by atoms with Gasteiger partial charge in [-0.25, -0.2) is 0 Å². The Morgan fingerprint density at radius 2 is 1.44 bits per heavy atom. The number of hydrogen-bond donors (Lipinski definition) is 0. The Morgan fingerprint density at radius 3 is 2.09 bits per heavy atom. The molecule has 4 aliphatic rings. The van der Waals surface area contributed by atoms with Crippen LogP contribution in [-0.4, -0.2) is 21.2 Å². The van der Waals surface area contributed by atoms with Gasteiger partial charge in [0.25, 0.3) is 0 Å². The van der Waals surface area contributed by atoms with E-state index < -0.39 is 0 Å². The van der Waals surface area contributed by atoms with Gasteiger partial charge in [0.1, 0.15) is 6.10 Å². The molecule has 4 aliphatic carbocycles. The first kappa shape index (κ1) is 38.2. The van der Waals surface area contributed by atoms with Gasteiger partial charge in [0.05, 0.1) is 0 Å². The molecule has 0 aromatic carbocycles. The number of carbonyl (C=O) groups excluding carboxylic acids is 1. The smallest absolute Gasteiger partial charge is 0.306 e. The molecule has 0 aromatic heterocycles. The Morgan fingerprint density at radius 1 is 0.800 bits per heavy atom. The van der Waals surface area contributed by atoms with Crippen molar-refractivity contribution in [2.45, 2.75) is 204 Å². The summed E-state index contributed by atoms with van der Waals surface area (Å²) in [6.07, 6.45) is 29.4. The van der Waals surface area contributed by atoms with Gasteiger partial charge in [0.15, 0.2) is 0 Å². The topological polar surface area (TPSA) is 26.3 Å². The molecule has 0 heterocycles. The van der Waals surface area contributed by atoms with Crippen molar-refractivity contribution >= 4 is 37.8 Å². The molecule has 4 heteroatoms. The Kier molecular flexibility index (Phi) is 14.8. The Bertz CT molecular complexity index is 906. The third-order valence-corrected chi connectivity index (χ3v) is 17.7. The molecule has 4 saturated carbocycles. The predicted molar refractivity (Wildman–Crippen MR) is 200 cm³/mol. The van der Waals surface area contributed by atoms with Crippen LogP contribution in [0.5, 0.6) is 0 Å². The average molecular weight is 757 g/mol. The van der Waals surface area contributed by atoms with E-state index in [-0.39, 0.29) is 21.8 Å². The van der Waals surface area contributed by atoms with Crippen molar-refractivity contribution in [2.75, 3.05) is 0 Å². The highest BCUT2D eigenvalue weighted by Crippen LogP contribution is 2.71. The van der Waals surface area contributed by atoms with Crippen LogP contribution in [-0.2, 0) is 9.53 Å². The fraction of sp³-hybridized carbons (Fsp3) is 0.976. The first-order valence-electron chi connectivity index (χ1n) is 20.0. The van der Waals surface area contributed by atoms with E-state index in [1.165, 1.54) is 122 Å². The van der Waals surface area contributed by atoms with E-state index in [1.54, 1.807) is 0 Å². The first-order valence-corrected chi connectivity index (χ1v) is 21.7. The van der Waals surface area contributed by atoms with Crippen LogP contribution in [0.3, 0.4) is 0 Å². The van der Waals surface area contributed by atoms with Crippen LogP contribution in [0.15, 0.2) is 0 Å². The standard InChI is InChI=1S/C41H72Br2O2/c1-7-8-9-10-11-12-13-14-15-16-17-21-38(44)45-32-24-27-40(6)36-25-26-39(5)34(31(4)20-18-19-30(2)3)22-23-35(39)33(36)28-37(42)41(40,43)29-32/h30-37H,7-29H2,1-6H3. The average Bonchev–Trinajstić information content (AvgIpc) is 3.35. The van der Waals surface area contributed by atoms with Crippen molar-refractivity contribution in [2.24, 2.45) is 46.3 Å². The molecule has 45 heavy (non-hydrogen) atoms. The van der Waals surface area contributed by atoms with Gasteiger partial charge in [-0.15, -0.1) is 0 Å². The number of ether oxygens (including phenoxy) is 1. The van der Waals surface area contributed by atoms with E-state index in [2.05, 4.69) is 73.4 Å². The maximum atomic E-state index is 12.9. The number of alkyl halides is 2. The number of hydrogen-bond acceptors (Lipinski definition) is 2. The van der Waals surface area contributed by atoms with E-state index >= 15 is 0 Å². The van der Waals surface area contributed by atoms with Crippen LogP contribution >= 0.6 is 31.9 Å². The summed E-state index contributed by atoms with van der Waals surface area (Å²) in [7, 11) is 0. The van der Waals surface area contributed by atoms with Gasteiger partial charge < -0.3 is 4.74 Å². The lowest BCUT2D eigenvalue weighted by Crippen LogP contribution is -2.64. The Balaban J connectivity index is 1.24. The highest BCUT2D eigenvalue weighted by molar-refractivity contribution is 9.12. The zero-order valence-corrected chi connectivity index (χ0v) is 33.6. The van der Waals surface area contributed by atoms with Crippen LogP contribution in [0.4, 0.5) is 0 Å². The molecular formula is C41H72Br2O2. The molecule has 2 nitrogen and oxygen atoms in total. The van der Waals surface area contributed by atoms with Gasteiger partial charge in [-0.05, 0) is 97.7 Å². The van der Waals surface area contributed by atoms with E-state index in [0.29, 0.717) is 16.7 Å². The van der Waals surface area contributed by atoms with Crippen molar-refractivity contribution in [3.05, 3.63) is 0 Å². The second kappa shape index (κ2) is 17.4. The van der Waals surface area contributed by atoms with E-state index in [1.807, 2.05) is 0 Å². The van der Waals surface area contributed by atoms with Gasteiger partial charge in [0.2, 0.25) is 0 Å². The fourth-order valence-corrected chi connectivity index (χ4v) is 13.6. The lowest BCUT2D eigenvalue weighted by Gasteiger charge is -2.66. The second-order valence-electron chi connectivity index (χ2n) is 17.5. The molecular weight excluding hydrogens is 684 g/mol. The van der Waals surface area contributed by atoms with E-state index in [4.69, 9.17) is 4.74 Å². The largest absolute Gasteiger partial charge is 0.462 e. The molecule has 0 spiro atoms. The van der Waals surface area contributed by atoms with Gasteiger partial charge in [-0.1, -0.05) is 157 Å². The summed E-state index contributed by atoms with van der Waals surface area (Å²) < 4.78 is 6.22. The Hall–Kier alpha value is 0.430. The Labute approximate surface area is 296 Å². The molecule has 0 N–H and O–H groups in total. The van der Waals surface area contributed by atoms with Gasteiger partial charge in [-0.3, -0.25) is 4.79 Å². The number of halogens is 2. The predicted octanol–water partition coefficient (Wildman–Crippen LogP) is 13.6. The molecule has 0 saturated heterocycles. The molecule has 0 aliphatic heterocycles. The van der Waals surface area contributed by atoms with Crippen LogP contribution in [0.25, 0.3) is 0 Å². The van der Waals surface area contributed by atoms with Crippen molar-refractivity contribution in [1.82, 2.24) is 0 Å². The molecule has 0 radical (unpaired) electrons. The zero-order chi connectivity index (χ0) is 32.7. The normalized spacial score (nSPS) is 38.4. The molecule has 0 bridgehead atoms. The van der Waals surface area contributed by atoms with Crippen LogP contribution in [0, 0.1) is 46.3 Å². The molecule has 0 aromatic rings. The highest BCUT2D eigenvalue weighted by atomic mass is 79.9. The summed E-state index contributed by atoms with van der Waals surface area (Å²) in [5.74, 6) is 5.13.